The zero-order valence-electron chi connectivity index (χ0n) is 10.1. The molecule has 18 heavy (non-hydrogen) atoms. The van der Waals surface area contributed by atoms with Gasteiger partial charge in [-0.3, -0.25) is 0 Å². The Balaban J connectivity index is 2.23. The average molecular weight is 250 g/mol. The van der Waals surface area contributed by atoms with Gasteiger partial charge in [0, 0.05) is 6.07 Å². The predicted octanol–water partition coefficient (Wildman–Crippen LogP) is 1.31. The van der Waals surface area contributed by atoms with Gasteiger partial charge in [0.2, 0.25) is 0 Å². The molecular weight excluding hydrogens is 235 g/mol. The molecule has 0 spiro atoms. The van der Waals surface area contributed by atoms with Gasteiger partial charge in [-0.05, 0) is 31.5 Å². The van der Waals surface area contributed by atoms with Gasteiger partial charge in [-0.1, -0.05) is 5.21 Å². The van der Waals surface area contributed by atoms with Crippen molar-refractivity contribution in [2.45, 2.75) is 12.8 Å². The standard InChI is InChI=1S/C12H15FN4O/c1-18-12-7-10(4-5-11(12)13)17-8-9(15-16-17)3-2-6-14/h4-5,7-8H,2-3,6,14H2,1H3. The summed E-state index contributed by atoms with van der Waals surface area (Å²) in [4.78, 5) is 0. The van der Waals surface area contributed by atoms with Crippen LogP contribution in [0.25, 0.3) is 5.69 Å². The van der Waals surface area contributed by atoms with Crippen LogP contribution in [0.15, 0.2) is 24.4 Å². The molecule has 1 aromatic carbocycles. The quantitative estimate of drug-likeness (QED) is 0.868. The topological polar surface area (TPSA) is 66.0 Å². The molecule has 6 heteroatoms. The van der Waals surface area contributed by atoms with Gasteiger partial charge in [0.25, 0.3) is 0 Å². The minimum atomic E-state index is -0.398. The van der Waals surface area contributed by atoms with E-state index in [1.54, 1.807) is 16.8 Å². The fourth-order valence-corrected chi connectivity index (χ4v) is 1.61. The first-order valence-corrected chi connectivity index (χ1v) is 5.70. The van der Waals surface area contributed by atoms with Crippen molar-refractivity contribution in [1.82, 2.24) is 15.0 Å². The average Bonchev–Trinajstić information content (AvgIpc) is 2.85. The van der Waals surface area contributed by atoms with E-state index >= 15 is 0 Å². The first-order chi connectivity index (χ1) is 8.74. The third-order valence-corrected chi connectivity index (χ3v) is 2.58. The van der Waals surface area contributed by atoms with Crippen LogP contribution in [0.1, 0.15) is 12.1 Å². The lowest BCUT2D eigenvalue weighted by molar-refractivity contribution is 0.386. The van der Waals surface area contributed by atoms with Crippen LogP contribution in [0.2, 0.25) is 0 Å². The Kier molecular flexibility index (Phi) is 3.88. The molecule has 0 fully saturated rings. The number of benzene rings is 1. The Morgan fingerprint density at radius 1 is 1.44 bits per heavy atom. The van der Waals surface area contributed by atoms with Gasteiger partial charge in [0.05, 0.1) is 24.7 Å². The van der Waals surface area contributed by atoms with Crippen LogP contribution in [-0.4, -0.2) is 28.6 Å². The second-order valence-electron chi connectivity index (χ2n) is 3.87. The highest BCUT2D eigenvalue weighted by molar-refractivity contribution is 5.39. The van der Waals surface area contributed by atoms with Gasteiger partial charge in [0.1, 0.15) is 0 Å². The summed E-state index contributed by atoms with van der Waals surface area (Å²) in [5, 5.41) is 8.02. The number of nitrogens with zero attached hydrogens (tertiary/aromatic N) is 3. The number of aryl methyl sites for hydroxylation is 1. The molecule has 0 saturated heterocycles. The van der Waals surface area contributed by atoms with E-state index in [4.69, 9.17) is 10.5 Å². The molecule has 96 valence electrons. The minimum Gasteiger partial charge on any atom is -0.494 e. The Hall–Kier alpha value is -1.95. The third-order valence-electron chi connectivity index (χ3n) is 2.58. The van der Waals surface area contributed by atoms with E-state index in [1.165, 1.54) is 13.2 Å². The summed E-state index contributed by atoms with van der Waals surface area (Å²) < 4.78 is 19.8. The Morgan fingerprint density at radius 3 is 3.00 bits per heavy atom. The molecule has 0 bridgehead atoms. The van der Waals surface area contributed by atoms with E-state index in [0.717, 1.165) is 18.5 Å². The van der Waals surface area contributed by atoms with Crippen molar-refractivity contribution in [3.63, 3.8) is 0 Å². The highest BCUT2D eigenvalue weighted by Crippen LogP contribution is 2.20. The van der Waals surface area contributed by atoms with E-state index in [-0.39, 0.29) is 5.75 Å². The van der Waals surface area contributed by atoms with Gasteiger partial charge in [0.15, 0.2) is 11.6 Å². The van der Waals surface area contributed by atoms with Gasteiger partial charge < -0.3 is 10.5 Å². The molecule has 1 aromatic heterocycles. The number of nitrogens with two attached hydrogens (primary N) is 1. The van der Waals surface area contributed by atoms with E-state index in [9.17, 15) is 4.39 Å². The largest absolute Gasteiger partial charge is 0.494 e. The first-order valence-electron chi connectivity index (χ1n) is 5.70. The maximum Gasteiger partial charge on any atom is 0.165 e. The number of hydrogen-bond acceptors (Lipinski definition) is 4. The highest BCUT2D eigenvalue weighted by atomic mass is 19.1. The number of aromatic nitrogens is 3. The van der Waals surface area contributed by atoms with Crippen LogP contribution >= 0.6 is 0 Å². The zero-order valence-corrected chi connectivity index (χ0v) is 10.1. The molecule has 0 radical (unpaired) electrons. The Bertz CT molecular complexity index is 527. The van der Waals surface area contributed by atoms with Gasteiger partial charge in [-0.2, -0.15) is 0 Å². The molecule has 0 amide bonds. The molecule has 0 unspecified atom stereocenters. The lowest BCUT2D eigenvalue weighted by atomic mass is 10.2. The Morgan fingerprint density at radius 2 is 2.28 bits per heavy atom. The smallest absolute Gasteiger partial charge is 0.165 e. The lowest BCUT2D eigenvalue weighted by Crippen LogP contribution is -2.00. The number of ether oxygens (including phenoxy) is 1. The zero-order chi connectivity index (χ0) is 13.0. The van der Waals surface area contributed by atoms with Crippen molar-refractivity contribution < 1.29 is 9.13 Å². The summed E-state index contributed by atoms with van der Waals surface area (Å²) in [7, 11) is 1.43. The molecule has 1 heterocycles. The maximum absolute atomic E-state index is 13.3. The van der Waals surface area contributed by atoms with E-state index in [2.05, 4.69) is 10.3 Å². The summed E-state index contributed by atoms with van der Waals surface area (Å²) in [5.41, 5.74) is 7.01. The Labute approximate surface area is 104 Å². The molecule has 0 saturated carbocycles. The summed E-state index contributed by atoms with van der Waals surface area (Å²) >= 11 is 0. The van der Waals surface area contributed by atoms with Gasteiger partial charge in [-0.15, -0.1) is 5.10 Å². The van der Waals surface area contributed by atoms with E-state index in [1.807, 2.05) is 6.20 Å². The number of halogens is 1. The molecule has 0 aliphatic carbocycles. The maximum atomic E-state index is 13.3. The van der Waals surface area contributed by atoms with Crippen LogP contribution in [-0.2, 0) is 6.42 Å². The van der Waals surface area contributed by atoms with Crippen molar-refractivity contribution in [1.29, 1.82) is 0 Å². The van der Waals surface area contributed by atoms with Crippen LogP contribution in [0.3, 0.4) is 0 Å². The monoisotopic (exact) mass is 250 g/mol. The summed E-state index contributed by atoms with van der Waals surface area (Å²) in [6, 6.07) is 4.55. The second kappa shape index (κ2) is 5.59. The van der Waals surface area contributed by atoms with Crippen molar-refractivity contribution in [3.8, 4) is 11.4 Å². The summed E-state index contributed by atoms with van der Waals surface area (Å²) in [6.45, 7) is 0.622. The van der Waals surface area contributed by atoms with Crippen molar-refractivity contribution in [2.75, 3.05) is 13.7 Å². The normalized spacial score (nSPS) is 10.6. The van der Waals surface area contributed by atoms with E-state index in [0.29, 0.717) is 12.2 Å². The van der Waals surface area contributed by atoms with Gasteiger partial charge >= 0.3 is 0 Å². The van der Waals surface area contributed by atoms with Crippen molar-refractivity contribution in [3.05, 3.63) is 35.9 Å². The fourth-order valence-electron chi connectivity index (χ4n) is 1.61. The second-order valence-corrected chi connectivity index (χ2v) is 3.87. The van der Waals surface area contributed by atoms with Crippen LogP contribution in [0.4, 0.5) is 4.39 Å². The third kappa shape index (κ3) is 2.65. The molecule has 0 aliphatic heterocycles. The summed E-state index contributed by atoms with van der Waals surface area (Å²) in [5.74, 6) is -0.212. The summed E-state index contributed by atoms with van der Waals surface area (Å²) in [6.07, 6.45) is 3.46. The van der Waals surface area contributed by atoms with Crippen LogP contribution in [0, 0.1) is 5.82 Å². The molecule has 2 aromatic rings. The van der Waals surface area contributed by atoms with Crippen LogP contribution in [0.5, 0.6) is 5.75 Å². The van der Waals surface area contributed by atoms with E-state index < -0.39 is 5.82 Å². The van der Waals surface area contributed by atoms with Gasteiger partial charge in [-0.25, -0.2) is 9.07 Å². The predicted molar refractivity (Wildman–Crippen MR) is 65.2 cm³/mol. The number of rotatable bonds is 5. The molecule has 0 atom stereocenters. The highest BCUT2D eigenvalue weighted by Gasteiger charge is 2.07. The van der Waals surface area contributed by atoms with Crippen LogP contribution < -0.4 is 10.5 Å². The lowest BCUT2D eigenvalue weighted by Gasteiger charge is -2.04. The minimum absolute atomic E-state index is 0.187. The first kappa shape index (κ1) is 12.5. The fraction of sp³-hybridized carbons (Fsp3) is 0.333. The molecule has 0 aliphatic rings. The SMILES string of the molecule is COc1cc(-n2cc(CCCN)nn2)ccc1F. The van der Waals surface area contributed by atoms with Crippen molar-refractivity contribution >= 4 is 0 Å². The van der Waals surface area contributed by atoms with Crippen molar-refractivity contribution in [2.24, 2.45) is 5.73 Å². The number of hydrogen-bond donors (Lipinski definition) is 1. The molecular formula is C12H15FN4O. The number of methoxy groups -OCH3 is 1. The molecule has 5 nitrogen and oxygen atoms in total. The molecule has 2 N–H and O–H groups in total. The molecule has 2 rings (SSSR count).